The largest absolute Gasteiger partial charge is 0.416 e. The van der Waals surface area contributed by atoms with Crippen LogP contribution in [0.3, 0.4) is 0 Å². The number of carbonyl (C=O) groups is 1. The zero-order chi connectivity index (χ0) is 23.6. The topological polar surface area (TPSA) is 81.8 Å². The SMILES string of the molecule is CCCc1cc(=O)n(CC(=O)Nc2cc(C(F)(F)F)ccc2Cl)c(-n2nc(C)cc2C)n1. The highest BCUT2D eigenvalue weighted by Crippen LogP contribution is 2.33. The van der Waals surface area contributed by atoms with Crippen LogP contribution in [0.4, 0.5) is 18.9 Å². The summed E-state index contributed by atoms with van der Waals surface area (Å²) >= 11 is 5.95. The molecule has 0 aliphatic rings. The second kappa shape index (κ2) is 9.15. The van der Waals surface area contributed by atoms with Crippen LogP contribution in [0.2, 0.25) is 5.02 Å². The number of aryl methyl sites for hydroxylation is 3. The summed E-state index contributed by atoms with van der Waals surface area (Å²) < 4.78 is 41.6. The summed E-state index contributed by atoms with van der Waals surface area (Å²) in [5.41, 5.74) is 0.322. The fraction of sp³-hybridized carbons (Fsp3) is 0.333. The number of hydrogen-bond acceptors (Lipinski definition) is 4. The van der Waals surface area contributed by atoms with Gasteiger partial charge in [-0.1, -0.05) is 24.9 Å². The summed E-state index contributed by atoms with van der Waals surface area (Å²) in [5.74, 6) is -0.585. The molecule has 0 saturated carbocycles. The molecule has 0 aliphatic heterocycles. The Bertz CT molecular complexity index is 1220. The van der Waals surface area contributed by atoms with Crippen molar-refractivity contribution in [3.8, 4) is 5.95 Å². The molecule has 0 radical (unpaired) electrons. The van der Waals surface area contributed by atoms with Gasteiger partial charge in [0.2, 0.25) is 11.9 Å². The van der Waals surface area contributed by atoms with Gasteiger partial charge in [-0.25, -0.2) is 9.67 Å². The molecule has 1 aromatic carbocycles. The summed E-state index contributed by atoms with van der Waals surface area (Å²) in [6, 6.07) is 5.75. The minimum atomic E-state index is -4.59. The molecule has 0 saturated heterocycles. The predicted octanol–water partition coefficient (Wildman–Crippen LogP) is 4.31. The lowest BCUT2D eigenvalue weighted by Crippen LogP contribution is -2.32. The van der Waals surface area contributed by atoms with Crippen LogP contribution in [-0.2, 0) is 23.9 Å². The molecule has 3 rings (SSSR count). The third-order valence-corrected chi connectivity index (χ3v) is 4.95. The predicted molar refractivity (Wildman–Crippen MR) is 114 cm³/mol. The lowest BCUT2D eigenvalue weighted by molar-refractivity contribution is -0.137. The third kappa shape index (κ3) is 5.18. The number of carbonyl (C=O) groups excluding carboxylic acids is 1. The van der Waals surface area contributed by atoms with Crippen molar-refractivity contribution in [1.29, 1.82) is 0 Å². The van der Waals surface area contributed by atoms with E-state index in [4.69, 9.17) is 11.6 Å². The Kier molecular flexibility index (Phi) is 6.73. The van der Waals surface area contributed by atoms with Crippen LogP contribution < -0.4 is 10.9 Å². The van der Waals surface area contributed by atoms with Crippen LogP contribution in [0, 0.1) is 13.8 Å². The standard InChI is InChI=1S/C21H21ClF3N5O2/c1-4-5-15-10-19(32)29(20(26-15)30-13(3)8-12(2)28-30)11-18(31)27-17-9-14(21(23,24)25)6-7-16(17)22/h6-10H,4-5,11H2,1-3H3,(H,27,31). The van der Waals surface area contributed by atoms with Crippen molar-refractivity contribution in [2.45, 2.75) is 46.3 Å². The first-order valence-electron chi connectivity index (χ1n) is 9.80. The van der Waals surface area contributed by atoms with E-state index in [0.717, 1.165) is 29.2 Å². The monoisotopic (exact) mass is 467 g/mol. The number of hydrogen-bond donors (Lipinski definition) is 1. The lowest BCUT2D eigenvalue weighted by atomic mass is 10.2. The molecule has 1 amide bonds. The smallest absolute Gasteiger partial charge is 0.323 e. The molecule has 3 aromatic rings. The molecule has 2 aromatic heterocycles. The van der Waals surface area contributed by atoms with E-state index in [2.05, 4.69) is 15.4 Å². The van der Waals surface area contributed by atoms with Crippen molar-refractivity contribution >= 4 is 23.2 Å². The highest BCUT2D eigenvalue weighted by Gasteiger charge is 2.31. The number of alkyl halides is 3. The molecular formula is C21H21ClF3N5O2. The van der Waals surface area contributed by atoms with Gasteiger partial charge in [-0.15, -0.1) is 0 Å². The molecular weight excluding hydrogens is 447 g/mol. The molecule has 32 heavy (non-hydrogen) atoms. The zero-order valence-corrected chi connectivity index (χ0v) is 18.4. The maximum Gasteiger partial charge on any atom is 0.416 e. The summed E-state index contributed by atoms with van der Waals surface area (Å²) in [5, 5.41) is 6.63. The van der Waals surface area contributed by atoms with Crippen molar-refractivity contribution in [1.82, 2.24) is 19.3 Å². The average Bonchev–Trinajstić information content (AvgIpc) is 3.02. The van der Waals surface area contributed by atoms with Gasteiger partial charge in [0.15, 0.2) is 0 Å². The zero-order valence-electron chi connectivity index (χ0n) is 17.6. The molecule has 0 unspecified atom stereocenters. The van der Waals surface area contributed by atoms with Crippen molar-refractivity contribution in [2.24, 2.45) is 0 Å². The number of nitrogens with zero attached hydrogens (tertiary/aromatic N) is 4. The molecule has 0 atom stereocenters. The van der Waals surface area contributed by atoms with E-state index in [0.29, 0.717) is 23.5 Å². The summed E-state index contributed by atoms with van der Waals surface area (Å²) in [7, 11) is 0. The van der Waals surface area contributed by atoms with Crippen LogP contribution in [0.5, 0.6) is 0 Å². The average molecular weight is 468 g/mol. The minimum Gasteiger partial charge on any atom is -0.323 e. The van der Waals surface area contributed by atoms with Gasteiger partial charge < -0.3 is 5.32 Å². The van der Waals surface area contributed by atoms with Gasteiger partial charge in [0, 0.05) is 17.5 Å². The number of aromatic nitrogens is 4. The fourth-order valence-electron chi connectivity index (χ4n) is 3.20. The molecule has 0 spiro atoms. The Morgan fingerprint density at radius 1 is 1.19 bits per heavy atom. The number of amides is 1. The van der Waals surface area contributed by atoms with Crippen molar-refractivity contribution in [2.75, 3.05) is 5.32 Å². The van der Waals surface area contributed by atoms with Gasteiger partial charge in [0.05, 0.1) is 22.0 Å². The van der Waals surface area contributed by atoms with E-state index >= 15 is 0 Å². The second-order valence-corrected chi connectivity index (χ2v) is 7.71. The Balaban J connectivity index is 1.98. The Morgan fingerprint density at radius 2 is 1.91 bits per heavy atom. The van der Waals surface area contributed by atoms with E-state index in [1.807, 2.05) is 6.92 Å². The van der Waals surface area contributed by atoms with E-state index in [1.54, 1.807) is 19.9 Å². The van der Waals surface area contributed by atoms with Gasteiger partial charge in [0.1, 0.15) is 6.54 Å². The van der Waals surface area contributed by atoms with E-state index in [-0.39, 0.29) is 16.7 Å². The summed E-state index contributed by atoms with van der Waals surface area (Å²) in [6.07, 6.45) is -3.27. The minimum absolute atomic E-state index is 0.0612. The van der Waals surface area contributed by atoms with Crippen LogP contribution >= 0.6 is 11.6 Å². The second-order valence-electron chi connectivity index (χ2n) is 7.30. The van der Waals surface area contributed by atoms with Gasteiger partial charge in [-0.2, -0.15) is 18.3 Å². The first kappa shape index (κ1) is 23.5. The number of benzene rings is 1. The highest BCUT2D eigenvalue weighted by atomic mass is 35.5. The first-order chi connectivity index (χ1) is 15.0. The van der Waals surface area contributed by atoms with E-state index in [9.17, 15) is 22.8 Å². The molecule has 7 nitrogen and oxygen atoms in total. The number of anilines is 1. The lowest BCUT2D eigenvalue weighted by Gasteiger charge is -2.15. The number of rotatable bonds is 6. The van der Waals surface area contributed by atoms with Crippen LogP contribution in [0.1, 0.15) is 36.0 Å². The van der Waals surface area contributed by atoms with Crippen LogP contribution in [0.25, 0.3) is 5.95 Å². The maximum atomic E-state index is 13.0. The molecule has 170 valence electrons. The van der Waals surface area contributed by atoms with Gasteiger partial charge >= 0.3 is 6.18 Å². The van der Waals surface area contributed by atoms with Crippen LogP contribution in [-0.4, -0.2) is 25.2 Å². The molecule has 2 heterocycles. The molecule has 11 heteroatoms. The van der Waals surface area contributed by atoms with Gasteiger partial charge in [0.25, 0.3) is 5.56 Å². The van der Waals surface area contributed by atoms with E-state index in [1.165, 1.54) is 10.7 Å². The number of nitrogens with one attached hydrogen (secondary N) is 1. The van der Waals surface area contributed by atoms with Crippen LogP contribution in [0.15, 0.2) is 35.1 Å². The fourth-order valence-corrected chi connectivity index (χ4v) is 3.36. The van der Waals surface area contributed by atoms with Crippen molar-refractivity contribution in [3.05, 3.63) is 68.4 Å². The van der Waals surface area contributed by atoms with Gasteiger partial charge in [-0.3, -0.25) is 14.2 Å². The Hall–Kier alpha value is -3.14. The quantitative estimate of drug-likeness (QED) is 0.585. The van der Waals surface area contributed by atoms with Crippen molar-refractivity contribution in [3.63, 3.8) is 0 Å². The summed E-state index contributed by atoms with van der Waals surface area (Å²) in [6.45, 7) is 5.02. The van der Waals surface area contributed by atoms with Crippen molar-refractivity contribution < 1.29 is 18.0 Å². The Morgan fingerprint density at radius 3 is 2.50 bits per heavy atom. The van der Waals surface area contributed by atoms with Gasteiger partial charge in [-0.05, 0) is 44.5 Å². The Labute approximate surface area is 186 Å². The summed E-state index contributed by atoms with van der Waals surface area (Å²) in [4.78, 5) is 30.0. The number of halogens is 4. The maximum absolute atomic E-state index is 13.0. The first-order valence-corrected chi connectivity index (χ1v) is 10.2. The molecule has 1 N–H and O–H groups in total. The molecule has 0 aliphatic carbocycles. The third-order valence-electron chi connectivity index (χ3n) is 4.62. The van der Waals surface area contributed by atoms with E-state index < -0.39 is 29.8 Å². The molecule has 0 bridgehead atoms. The normalized spacial score (nSPS) is 11.6. The highest BCUT2D eigenvalue weighted by molar-refractivity contribution is 6.33. The molecule has 0 fully saturated rings.